The maximum Gasteiger partial charge on any atom is 0.257 e. The summed E-state index contributed by atoms with van der Waals surface area (Å²) in [4.78, 5) is 12.4. The van der Waals surface area contributed by atoms with Crippen molar-refractivity contribution in [1.29, 1.82) is 0 Å². The normalized spacial score (nSPS) is 10.4. The minimum atomic E-state index is -0.292. The second kappa shape index (κ2) is 13.2. The highest BCUT2D eigenvalue weighted by Crippen LogP contribution is 2.26. The number of hydrogen-bond donors (Lipinski definition) is 2. The van der Waals surface area contributed by atoms with E-state index in [1.807, 2.05) is 31.2 Å². The van der Waals surface area contributed by atoms with Crippen LogP contribution in [0.25, 0.3) is 0 Å². The number of unbranched alkanes of at least 4 members (excludes halogenated alkanes) is 4. The van der Waals surface area contributed by atoms with E-state index in [4.69, 9.17) is 21.7 Å². The van der Waals surface area contributed by atoms with Crippen LogP contribution in [0.15, 0.2) is 46.9 Å². The molecule has 0 radical (unpaired) electrons. The number of halogens is 1. The van der Waals surface area contributed by atoms with Gasteiger partial charge in [0.1, 0.15) is 11.5 Å². The first-order valence-electron chi connectivity index (χ1n) is 10.3. The largest absolute Gasteiger partial charge is 0.494 e. The van der Waals surface area contributed by atoms with Gasteiger partial charge in [0.15, 0.2) is 5.11 Å². The maximum atomic E-state index is 12.4. The van der Waals surface area contributed by atoms with E-state index < -0.39 is 0 Å². The van der Waals surface area contributed by atoms with Gasteiger partial charge in [-0.25, -0.2) is 0 Å². The maximum absolute atomic E-state index is 12.4. The van der Waals surface area contributed by atoms with Gasteiger partial charge in [-0.3, -0.25) is 10.1 Å². The molecule has 0 aliphatic heterocycles. The fourth-order valence-electron chi connectivity index (χ4n) is 2.78. The Labute approximate surface area is 192 Å². The third-order valence-electron chi connectivity index (χ3n) is 4.35. The Morgan fingerprint density at radius 3 is 2.40 bits per heavy atom. The lowest BCUT2D eigenvalue weighted by atomic mass is 10.2. The zero-order valence-corrected chi connectivity index (χ0v) is 19.9. The van der Waals surface area contributed by atoms with Crippen molar-refractivity contribution in [1.82, 2.24) is 5.32 Å². The van der Waals surface area contributed by atoms with E-state index in [1.54, 1.807) is 18.2 Å². The lowest BCUT2D eigenvalue weighted by Crippen LogP contribution is -2.34. The molecule has 2 aromatic rings. The molecule has 0 spiro atoms. The summed E-state index contributed by atoms with van der Waals surface area (Å²) < 4.78 is 11.9. The van der Waals surface area contributed by atoms with Gasteiger partial charge in [-0.1, -0.05) is 32.6 Å². The number of carbonyl (C=O) groups excluding carboxylic acids is 1. The van der Waals surface area contributed by atoms with Gasteiger partial charge in [0, 0.05) is 11.3 Å². The predicted octanol–water partition coefficient (Wildman–Crippen LogP) is 6.32. The van der Waals surface area contributed by atoms with E-state index >= 15 is 0 Å². The molecule has 162 valence electrons. The van der Waals surface area contributed by atoms with E-state index in [9.17, 15) is 4.79 Å². The van der Waals surface area contributed by atoms with Crippen molar-refractivity contribution in [3.63, 3.8) is 0 Å². The Morgan fingerprint density at radius 1 is 1.00 bits per heavy atom. The Morgan fingerprint density at radius 2 is 1.73 bits per heavy atom. The van der Waals surface area contributed by atoms with Crippen LogP contribution in [0.1, 0.15) is 56.3 Å². The number of benzene rings is 2. The fraction of sp³-hybridized carbons (Fsp3) is 0.391. The van der Waals surface area contributed by atoms with Crippen LogP contribution in [-0.4, -0.2) is 24.2 Å². The molecule has 0 unspecified atom stereocenters. The van der Waals surface area contributed by atoms with E-state index in [2.05, 4.69) is 33.5 Å². The summed E-state index contributed by atoms with van der Waals surface area (Å²) in [5.41, 5.74) is 1.26. The lowest BCUT2D eigenvalue weighted by Gasteiger charge is -2.12. The van der Waals surface area contributed by atoms with E-state index in [0.29, 0.717) is 17.9 Å². The molecule has 5 nitrogen and oxygen atoms in total. The average Bonchev–Trinajstić information content (AvgIpc) is 2.73. The molecule has 0 aliphatic carbocycles. The van der Waals surface area contributed by atoms with Crippen molar-refractivity contribution in [2.24, 2.45) is 0 Å². The number of thiocarbonyl (C=S) groups is 1. The third-order valence-corrected chi connectivity index (χ3v) is 5.17. The molecule has 0 fully saturated rings. The minimum absolute atomic E-state index is 0.231. The van der Waals surface area contributed by atoms with Gasteiger partial charge in [-0.05, 0) is 84.0 Å². The number of carbonyl (C=O) groups is 1. The van der Waals surface area contributed by atoms with Crippen LogP contribution in [0.4, 0.5) is 5.69 Å². The number of amides is 1. The first kappa shape index (κ1) is 24.2. The summed E-state index contributed by atoms with van der Waals surface area (Å²) in [6.07, 6.45) is 6.06. The van der Waals surface area contributed by atoms with Crippen molar-refractivity contribution in [2.75, 3.05) is 18.5 Å². The summed E-state index contributed by atoms with van der Waals surface area (Å²) in [6, 6.07) is 12.7. The minimum Gasteiger partial charge on any atom is -0.494 e. The van der Waals surface area contributed by atoms with Gasteiger partial charge in [-0.2, -0.15) is 0 Å². The highest BCUT2D eigenvalue weighted by Gasteiger charge is 2.11. The topological polar surface area (TPSA) is 59.6 Å². The van der Waals surface area contributed by atoms with Crippen molar-refractivity contribution >= 4 is 44.9 Å². The number of anilines is 1. The summed E-state index contributed by atoms with van der Waals surface area (Å²) >= 11 is 8.67. The summed E-state index contributed by atoms with van der Waals surface area (Å²) in [5, 5.41) is 5.93. The molecule has 0 atom stereocenters. The second-order valence-corrected chi connectivity index (χ2v) is 8.04. The zero-order chi connectivity index (χ0) is 21.8. The van der Waals surface area contributed by atoms with Crippen molar-refractivity contribution in [3.05, 3.63) is 52.5 Å². The van der Waals surface area contributed by atoms with Crippen LogP contribution in [0.5, 0.6) is 11.5 Å². The average molecular weight is 493 g/mol. The van der Waals surface area contributed by atoms with E-state index in [-0.39, 0.29) is 11.0 Å². The molecule has 0 aliphatic rings. The Hall–Kier alpha value is -2.12. The number of rotatable bonds is 11. The van der Waals surface area contributed by atoms with Crippen LogP contribution in [0.3, 0.4) is 0 Å². The van der Waals surface area contributed by atoms with Crippen LogP contribution in [0.2, 0.25) is 0 Å². The van der Waals surface area contributed by atoms with Crippen LogP contribution in [-0.2, 0) is 0 Å². The van der Waals surface area contributed by atoms with Crippen LogP contribution >= 0.6 is 28.1 Å². The molecule has 7 heteroatoms. The Kier molecular flexibility index (Phi) is 10.7. The molecule has 0 saturated carbocycles. The number of nitrogens with one attached hydrogen (secondary N) is 2. The van der Waals surface area contributed by atoms with Crippen LogP contribution in [0, 0.1) is 0 Å². The first-order chi connectivity index (χ1) is 14.5. The predicted molar refractivity (Wildman–Crippen MR) is 130 cm³/mol. The lowest BCUT2D eigenvalue weighted by molar-refractivity contribution is 0.0977. The Balaban J connectivity index is 1.79. The van der Waals surface area contributed by atoms with E-state index in [1.165, 1.54) is 25.7 Å². The highest BCUT2D eigenvalue weighted by atomic mass is 79.9. The SMILES string of the molecule is CCCCCCCOc1ccc(NC(=S)NC(=O)c2ccc(OCC)c(Br)c2)cc1. The van der Waals surface area contributed by atoms with Crippen LogP contribution < -0.4 is 20.1 Å². The second-order valence-electron chi connectivity index (χ2n) is 6.77. The molecule has 0 saturated heterocycles. The molecule has 0 bridgehead atoms. The molecular formula is C23H29BrN2O3S. The number of hydrogen-bond acceptors (Lipinski definition) is 4. The van der Waals surface area contributed by atoms with Gasteiger partial charge >= 0.3 is 0 Å². The molecule has 2 rings (SSSR count). The van der Waals surface area contributed by atoms with Gasteiger partial charge < -0.3 is 14.8 Å². The molecule has 30 heavy (non-hydrogen) atoms. The number of ether oxygens (including phenoxy) is 2. The third kappa shape index (κ3) is 8.32. The standard InChI is InChI=1S/C23H29BrN2O3S/c1-3-5-6-7-8-15-29-19-12-10-18(11-13-19)25-23(30)26-22(27)17-9-14-21(28-4-2)20(24)16-17/h9-14,16H,3-8,15H2,1-2H3,(H2,25,26,27,30). The van der Waals surface area contributed by atoms with Gasteiger partial charge in [0.2, 0.25) is 0 Å². The summed E-state index contributed by atoms with van der Waals surface area (Å²) in [5.74, 6) is 1.22. The molecule has 2 aromatic carbocycles. The smallest absolute Gasteiger partial charge is 0.257 e. The molecular weight excluding hydrogens is 464 g/mol. The Bertz CT molecular complexity index is 828. The molecule has 1 amide bonds. The highest BCUT2D eigenvalue weighted by molar-refractivity contribution is 9.10. The molecule has 0 aromatic heterocycles. The molecule has 2 N–H and O–H groups in total. The van der Waals surface area contributed by atoms with Gasteiger partial charge in [0.05, 0.1) is 17.7 Å². The summed E-state index contributed by atoms with van der Waals surface area (Å²) in [7, 11) is 0. The van der Waals surface area contributed by atoms with Crippen molar-refractivity contribution in [2.45, 2.75) is 46.0 Å². The first-order valence-corrected chi connectivity index (χ1v) is 11.5. The quantitative estimate of drug-likeness (QED) is 0.283. The monoisotopic (exact) mass is 492 g/mol. The van der Waals surface area contributed by atoms with Crippen molar-refractivity contribution in [3.8, 4) is 11.5 Å². The molecule has 0 heterocycles. The zero-order valence-electron chi connectivity index (χ0n) is 17.5. The van der Waals surface area contributed by atoms with E-state index in [0.717, 1.165) is 28.9 Å². The van der Waals surface area contributed by atoms with Crippen molar-refractivity contribution < 1.29 is 14.3 Å². The fourth-order valence-corrected chi connectivity index (χ4v) is 3.49. The van der Waals surface area contributed by atoms with Gasteiger partial charge in [-0.15, -0.1) is 0 Å². The summed E-state index contributed by atoms with van der Waals surface area (Å²) in [6.45, 7) is 5.40. The van der Waals surface area contributed by atoms with Gasteiger partial charge in [0.25, 0.3) is 5.91 Å².